The van der Waals surface area contributed by atoms with E-state index in [2.05, 4.69) is 5.10 Å². The maximum absolute atomic E-state index is 10.4. The van der Waals surface area contributed by atoms with Crippen LogP contribution in [-0.4, -0.2) is 26.9 Å². The van der Waals surface area contributed by atoms with Crippen LogP contribution in [0.3, 0.4) is 0 Å². The number of aliphatic carboxylic acids is 1. The van der Waals surface area contributed by atoms with E-state index >= 15 is 0 Å². The average molecular weight is 204 g/mol. The Balaban J connectivity index is 2.74. The molecule has 0 saturated carbocycles. The predicted octanol–water partition coefficient (Wildman–Crippen LogP) is 0.257. The van der Waals surface area contributed by atoms with Crippen LogP contribution in [-0.2, 0) is 11.3 Å². The number of halogens is 1. The lowest BCUT2D eigenvalue weighted by Gasteiger charge is -2.07. The molecule has 0 amide bonds. The predicted molar refractivity (Wildman–Crippen MR) is 47.6 cm³/mol. The van der Waals surface area contributed by atoms with Gasteiger partial charge in [0.2, 0.25) is 0 Å². The lowest BCUT2D eigenvalue weighted by atomic mass is 10.3. The third-order valence-electron chi connectivity index (χ3n) is 1.73. The van der Waals surface area contributed by atoms with Crippen molar-refractivity contribution in [1.29, 1.82) is 0 Å². The molecule has 1 heterocycles. The molecule has 0 fully saturated rings. The van der Waals surface area contributed by atoms with Gasteiger partial charge in [0.1, 0.15) is 6.04 Å². The lowest BCUT2D eigenvalue weighted by Crippen LogP contribution is -2.35. The molecule has 1 unspecified atom stereocenters. The van der Waals surface area contributed by atoms with Gasteiger partial charge in [-0.1, -0.05) is 11.6 Å². The van der Waals surface area contributed by atoms with Crippen molar-refractivity contribution in [2.24, 2.45) is 5.73 Å². The number of carbonyl (C=O) groups is 1. The van der Waals surface area contributed by atoms with Gasteiger partial charge in [-0.25, -0.2) is 0 Å². The molecule has 0 aliphatic rings. The van der Waals surface area contributed by atoms with E-state index in [-0.39, 0.29) is 6.54 Å². The normalized spacial score (nSPS) is 12.8. The van der Waals surface area contributed by atoms with E-state index in [1.54, 1.807) is 6.92 Å². The van der Waals surface area contributed by atoms with Crippen LogP contribution < -0.4 is 5.73 Å². The summed E-state index contributed by atoms with van der Waals surface area (Å²) in [5.74, 6) is -1.05. The zero-order valence-electron chi connectivity index (χ0n) is 7.07. The highest BCUT2D eigenvalue weighted by Crippen LogP contribution is 2.13. The number of nitrogens with zero attached hydrogens (tertiary/aromatic N) is 2. The monoisotopic (exact) mass is 203 g/mol. The summed E-state index contributed by atoms with van der Waals surface area (Å²) in [5, 5.41) is 12.9. The quantitative estimate of drug-likeness (QED) is 0.738. The van der Waals surface area contributed by atoms with Crippen LogP contribution in [0.15, 0.2) is 6.20 Å². The van der Waals surface area contributed by atoms with Crippen molar-refractivity contribution in [2.45, 2.75) is 19.5 Å². The van der Waals surface area contributed by atoms with Crippen molar-refractivity contribution in [3.8, 4) is 0 Å². The van der Waals surface area contributed by atoms with Crippen LogP contribution in [0.1, 0.15) is 5.69 Å². The summed E-state index contributed by atoms with van der Waals surface area (Å²) >= 11 is 5.72. The van der Waals surface area contributed by atoms with Crippen molar-refractivity contribution in [1.82, 2.24) is 9.78 Å². The van der Waals surface area contributed by atoms with Crippen LogP contribution in [0.25, 0.3) is 0 Å². The molecule has 1 atom stereocenters. The molecule has 1 rings (SSSR count). The van der Waals surface area contributed by atoms with Gasteiger partial charge in [-0.2, -0.15) is 5.10 Å². The Hall–Kier alpha value is -1.07. The minimum absolute atomic E-state index is 0.133. The Morgan fingerprint density at radius 1 is 1.92 bits per heavy atom. The Kier molecular flexibility index (Phi) is 2.90. The van der Waals surface area contributed by atoms with Gasteiger partial charge in [-0.05, 0) is 6.92 Å². The molecule has 5 nitrogen and oxygen atoms in total. The van der Waals surface area contributed by atoms with Gasteiger partial charge in [0.05, 0.1) is 23.5 Å². The first-order chi connectivity index (χ1) is 6.02. The molecule has 0 bridgehead atoms. The van der Waals surface area contributed by atoms with E-state index in [1.807, 2.05) is 0 Å². The van der Waals surface area contributed by atoms with Gasteiger partial charge in [0, 0.05) is 0 Å². The van der Waals surface area contributed by atoms with Crippen LogP contribution >= 0.6 is 11.6 Å². The zero-order chi connectivity index (χ0) is 10.0. The molecule has 3 N–H and O–H groups in total. The molecule has 13 heavy (non-hydrogen) atoms. The van der Waals surface area contributed by atoms with Crippen molar-refractivity contribution in [3.05, 3.63) is 16.9 Å². The smallest absolute Gasteiger partial charge is 0.322 e. The summed E-state index contributed by atoms with van der Waals surface area (Å²) in [4.78, 5) is 10.4. The van der Waals surface area contributed by atoms with E-state index in [4.69, 9.17) is 22.4 Å². The first kappa shape index (κ1) is 10.0. The average Bonchev–Trinajstić information content (AvgIpc) is 2.36. The molecule has 0 radical (unpaired) electrons. The van der Waals surface area contributed by atoms with Gasteiger partial charge in [-0.15, -0.1) is 0 Å². The molecule has 0 aliphatic heterocycles. The first-order valence-electron chi connectivity index (χ1n) is 3.68. The van der Waals surface area contributed by atoms with Crippen molar-refractivity contribution in [2.75, 3.05) is 0 Å². The number of carboxylic acids is 1. The third-order valence-corrected chi connectivity index (χ3v) is 2.10. The fourth-order valence-corrected chi connectivity index (χ4v) is 1.01. The van der Waals surface area contributed by atoms with Crippen molar-refractivity contribution >= 4 is 17.6 Å². The van der Waals surface area contributed by atoms with E-state index in [0.717, 1.165) is 5.69 Å². The summed E-state index contributed by atoms with van der Waals surface area (Å²) in [6.07, 6.45) is 1.46. The van der Waals surface area contributed by atoms with Gasteiger partial charge in [0.25, 0.3) is 0 Å². The second-order valence-corrected chi connectivity index (χ2v) is 3.11. The van der Waals surface area contributed by atoms with Crippen LogP contribution in [0, 0.1) is 6.92 Å². The van der Waals surface area contributed by atoms with Gasteiger partial charge in [0.15, 0.2) is 0 Å². The van der Waals surface area contributed by atoms with Crippen LogP contribution in [0.4, 0.5) is 0 Å². The van der Waals surface area contributed by atoms with Crippen molar-refractivity contribution in [3.63, 3.8) is 0 Å². The molecular formula is C7H10ClN3O2. The Morgan fingerprint density at radius 3 is 2.92 bits per heavy atom. The minimum atomic E-state index is -1.05. The number of hydrogen-bond acceptors (Lipinski definition) is 3. The Morgan fingerprint density at radius 2 is 2.54 bits per heavy atom. The molecule has 0 spiro atoms. The van der Waals surface area contributed by atoms with Gasteiger partial charge in [-0.3, -0.25) is 9.48 Å². The number of aromatic nitrogens is 2. The van der Waals surface area contributed by atoms with Crippen LogP contribution in [0.5, 0.6) is 0 Å². The number of rotatable bonds is 3. The molecule has 1 aromatic heterocycles. The zero-order valence-corrected chi connectivity index (χ0v) is 7.82. The summed E-state index contributed by atoms with van der Waals surface area (Å²) in [7, 11) is 0. The first-order valence-corrected chi connectivity index (χ1v) is 4.06. The van der Waals surface area contributed by atoms with E-state index in [1.165, 1.54) is 10.9 Å². The molecule has 0 saturated heterocycles. The van der Waals surface area contributed by atoms with Crippen molar-refractivity contribution < 1.29 is 9.90 Å². The number of hydrogen-bond donors (Lipinski definition) is 2. The standard InChI is InChI=1S/C7H10ClN3O2/c1-4-5(8)2-10-11(4)3-6(9)7(12)13/h2,6H,3,9H2,1H3,(H,12,13). The minimum Gasteiger partial charge on any atom is -0.480 e. The van der Waals surface area contributed by atoms with E-state index in [9.17, 15) is 4.79 Å². The fraction of sp³-hybridized carbons (Fsp3) is 0.429. The molecular weight excluding hydrogens is 194 g/mol. The maximum Gasteiger partial charge on any atom is 0.322 e. The second kappa shape index (κ2) is 3.76. The van der Waals surface area contributed by atoms with Gasteiger partial charge < -0.3 is 10.8 Å². The highest BCUT2D eigenvalue weighted by molar-refractivity contribution is 6.31. The summed E-state index contributed by atoms with van der Waals surface area (Å²) in [5.41, 5.74) is 6.04. The van der Waals surface area contributed by atoms with Crippen LogP contribution in [0.2, 0.25) is 5.02 Å². The maximum atomic E-state index is 10.4. The number of nitrogens with two attached hydrogens (primary N) is 1. The fourth-order valence-electron chi connectivity index (χ4n) is 0.872. The molecule has 72 valence electrons. The number of carboxylic acid groups (broad SMARTS) is 1. The topological polar surface area (TPSA) is 81.1 Å². The highest BCUT2D eigenvalue weighted by atomic mass is 35.5. The molecule has 1 aromatic rings. The van der Waals surface area contributed by atoms with E-state index in [0.29, 0.717) is 5.02 Å². The Labute approximate surface area is 80.1 Å². The third kappa shape index (κ3) is 2.19. The Bertz CT molecular complexity index is 324. The molecule has 6 heteroatoms. The van der Waals surface area contributed by atoms with E-state index < -0.39 is 12.0 Å². The highest BCUT2D eigenvalue weighted by Gasteiger charge is 2.14. The lowest BCUT2D eigenvalue weighted by molar-refractivity contribution is -0.138. The summed E-state index contributed by atoms with van der Waals surface area (Å²) in [6, 6.07) is -0.949. The largest absolute Gasteiger partial charge is 0.480 e. The summed E-state index contributed by atoms with van der Waals surface area (Å²) < 4.78 is 1.47. The molecule has 0 aliphatic carbocycles. The van der Waals surface area contributed by atoms with Gasteiger partial charge >= 0.3 is 5.97 Å². The molecule has 0 aromatic carbocycles. The SMILES string of the molecule is Cc1c(Cl)cnn1CC(N)C(=O)O. The summed E-state index contributed by atoms with van der Waals surface area (Å²) in [6.45, 7) is 1.89. The second-order valence-electron chi connectivity index (χ2n) is 2.70.